The number of hydrogen-bond donors (Lipinski definition) is 1. The molecule has 0 aliphatic heterocycles. The molecule has 2 N–H and O–H groups in total. The van der Waals surface area contributed by atoms with Crippen LogP contribution >= 0.6 is 0 Å². The van der Waals surface area contributed by atoms with E-state index >= 15 is 0 Å². The van der Waals surface area contributed by atoms with Crippen molar-refractivity contribution in [1.82, 2.24) is 0 Å². The predicted octanol–water partition coefficient (Wildman–Crippen LogP) is 2.80. The zero-order valence-corrected chi connectivity index (χ0v) is 9.05. The molecule has 2 saturated carbocycles. The van der Waals surface area contributed by atoms with Crippen LogP contribution in [0.3, 0.4) is 0 Å². The molecule has 1 nitrogen and oxygen atoms in total. The van der Waals surface area contributed by atoms with Gasteiger partial charge in [0.15, 0.2) is 0 Å². The Morgan fingerprint density at radius 3 is 2.23 bits per heavy atom. The predicted molar refractivity (Wildman–Crippen MR) is 56.4 cm³/mol. The topological polar surface area (TPSA) is 26.0 Å². The van der Waals surface area contributed by atoms with E-state index in [1.807, 2.05) is 0 Å². The van der Waals surface area contributed by atoms with Gasteiger partial charge in [-0.2, -0.15) is 0 Å². The van der Waals surface area contributed by atoms with E-state index in [4.69, 9.17) is 5.73 Å². The summed E-state index contributed by atoms with van der Waals surface area (Å²) < 4.78 is 0. The van der Waals surface area contributed by atoms with Gasteiger partial charge in [-0.05, 0) is 36.1 Å². The van der Waals surface area contributed by atoms with Crippen molar-refractivity contribution in [2.75, 3.05) is 6.54 Å². The van der Waals surface area contributed by atoms with E-state index in [1.54, 1.807) is 0 Å². The molecule has 0 aromatic carbocycles. The van der Waals surface area contributed by atoms with Crippen molar-refractivity contribution in [3.05, 3.63) is 0 Å². The van der Waals surface area contributed by atoms with Gasteiger partial charge in [0.2, 0.25) is 0 Å². The summed E-state index contributed by atoms with van der Waals surface area (Å²) in [6.45, 7) is 5.69. The smallest absolute Gasteiger partial charge is 0.00408 e. The van der Waals surface area contributed by atoms with Crippen LogP contribution in [0.2, 0.25) is 0 Å². The average Bonchev–Trinajstić information content (AvgIpc) is 2.54. The molecule has 0 amide bonds. The van der Waals surface area contributed by atoms with Gasteiger partial charge < -0.3 is 5.73 Å². The van der Waals surface area contributed by atoms with E-state index in [0.717, 1.165) is 24.3 Å². The highest BCUT2D eigenvalue weighted by molar-refractivity contribution is 5.05. The fraction of sp³-hybridized carbons (Fsp3) is 1.00. The lowest BCUT2D eigenvalue weighted by molar-refractivity contribution is 0.420. The summed E-state index contributed by atoms with van der Waals surface area (Å²) in [6.07, 6.45) is 7.40. The van der Waals surface area contributed by atoms with Gasteiger partial charge in [0.25, 0.3) is 0 Å². The zero-order valence-electron chi connectivity index (χ0n) is 9.05. The molecule has 2 fully saturated rings. The molecule has 2 rings (SSSR count). The van der Waals surface area contributed by atoms with Crippen molar-refractivity contribution in [2.45, 2.75) is 46.0 Å². The van der Waals surface area contributed by atoms with Crippen LogP contribution in [0.1, 0.15) is 46.0 Å². The Bertz CT molecular complexity index is 180. The first-order chi connectivity index (χ1) is 6.16. The summed E-state index contributed by atoms with van der Waals surface area (Å²) in [5.41, 5.74) is 6.34. The molecule has 2 atom stereocenters. The monoisotopic (exact) mass is 181 g/mol. The number of hydrogen-bond acceptors (Lipinski definition) is 1. The Kier molecular flexibility index (Phi) is 2.39. The minimum Gasteiger partial charge on any atom is -0.330 e. The molecule has 0 saturated heterocycles. The van der Waals surface area contributed by atoms with Gasteiger partial charge in [0.1, 0.15) is 0 Å². The lowest BCUT2D eigenvalue weighted by Crippen LogP contribution is -2.05. The highest BCUT2D eigenvalue weighted by atomic mass is 14.7. The van der Waals surface area contributed by atoms with Crippen LogP contribution in [0.15, 0.2) is 0 Å². The van der Waals surface area contributed by atoms with Crippen molar-refractivity contribution in [3.63, 3.8) is 0 Å². The van der Waals surface area contributed by atoms with E-state index in [1.165, 1.54) is 32.1 Å². The van der Waals surface area contributed by atoms with Crippen LogP contribution < -0.4 is 5.73 Å². The molecule has 0 aromatic heterocycles. The normalized spacial score (nSPS) is 38.1. The van der Waals surface area contributed by atoms with Gasteiger partial charge in [0, 0.05) is 0 Å². The van der Waals surface area contributed by atoms with Gasteiger partial charge in [-0.1, -0.05) is 39.5 Å². The molecule has 0 heterocycles. The highest BCUT2D eigenvalue weighted by Gasteiger charge is 2.56. The van der Waals surface area contributed by atoms with Crippen molar-refractivity contribution >= 4 is 0 Å². The molecule has 2 aliphatic rings. The molecule has 0 aromatic rings. The first kappa shape index (κ1) is 9.51. The second kappa shape index (κ2) is 3.27. The van der Waals surface area contributed by atoms with Gasteiger partial charge in [-0.15, -0.1) is 0 Å². The molecule has 0 unspecified atom stereocenters. The van der Waals surface area contributed by atoms with E-state index in [9.17, 15) is 0 Å². The van der Waals surface area contributed by atoms with Gasteiger partial charge in [0.05, 0.1) is 0 Å². The van der Waals surface area contributed by atoms with E-state index in [-0.39, 0.29) is 0 Å². The highest BCUT2D eigenvalue weighted by Crippen LogP contribution is 2.61. The quantitative estimate of drug-likeness (QED) is 0.712. The van der Waals surface area contributed by atoms with Crippen molar-refractivity contribution in [2.24, 2.45) is 28.9 Å². The van der Waals surface area contributed by atoms with Crippen LogP contribution in [-0.2, 0) is 0 Å². The van der Waals surface area contributed by atoms with E-state index < -0.39 is 0 Å². The van der Waals surface area contributed by atoms with Crippen LogP contribution in [0.25, 0.3) is 0 Å². The van der Waals surface area contributed by atoms with Crippen molar-refractivity contribution in [3.8, 4) is 0 Å². The zero-order chi connectivity index (χ0) is 9.47. The molecule has 2 aliphatic carbocycles. The first-order valence-electron chi connectivity index (χ1n) is 5.86. The minimum absolute atomic E-state index is 0.567. The third-order valence-corrected chi connectivity index (χ3v) is 4.60. The van der Waals surface area contributed by atoms with Crippen LogP contribution in [-0.4, -0.2) is 6.54 Å². The third-order valence-electron chi connectivity index (χ3n) is 4.60. The molecule has 0 radical (unpaired) electrons. The maximum atomic E-state index is 5.77. The lowest BCUT2D eigenvalue weighted by Gasteiger charge is -2.09. The summed E-state index contributed by atoms with van der Waals surface area (Å²) in [7, 11) is 0. The molecule has 0 spiro atoms. The summed E-state index contributed by atoms with van der Waals surface area (Å²) in [5.74, 6) is 2.81. The first-order valence-corrected chi connectivity index (χ1v) is 5.86. The maximum Gasteiger partial charge on any atom is -0.00408 e. The number of nitrogens with two attached hydrogens (primary N) is 1. The van der Waals surface area contributed by atoms with Crippen molar-refractivity contribution in [1.29, 1.82) is 0 Å². The van der Waals surface area contributed by atoms with Crippen LogP contribution in [0.4, 0.5) is 0 Å². The number of rotatable bonds is 3. The summed E-state index contributed by atoms with van der Waals surface area (Å²) in [4.78, 5) is 0. The third kappa shape index (κ3) is 1.63. The van der Waals surface area contributed by atoms with E-state index in [2.05, 4.69) is 13.8 Å². The molecular weight excluding hydrogens is 158 g/mol. The molecule has 13 heavy (non-hydrogen) atoms. The fourth-order valence-electron chi connectivity index (χ4n) is 3.40. The second-order valence-corrected chi connectivity index (χ2v) is 5.66. The van der Waals surface area contributed by atoms with Crippen LogP contribution in [0.5, 0.6) is 0 Å². The van der Waals surface area contributed by atoms with Gasteiger partial charge in [-0.25, -0.2) is 0 Å². The Labute approximate surface area is 82.1 Å². The Morgan fingerprint density at radius 1 is 1.15 bits per heavy atom. The Morgan fingerprint density at radius 2 is 1.77 bits per heavy atom. The second-order valence-electron chi connectivity index (χ2n) is 5.66. The van der Waals surface area contributed by atoms with E-state index in [0.29, 0.717) is 5.41 Å². The van der Waals surface area contributed by atoms with Crippen LogP contribution in [0, 0.1) is 23.2 Å². The lowest BCUT2D eigenvalue weighted by atomic mass is 9.97. The molecule has 1 heteroatoms. The molecule has 76 valence electrons. The fourth-order valence-corrected chi connectivity index (χ4v) is 3.40. The molecular formula is C12H23N. The minimum atomic E-state index is 0.567. The van der Waals surface area contributed by atoms with Gasteiger partial charge >= 0.3 is 0 Å². The Balaban J connectivity index is 1.83. The molecule has 0 bridgehead atoms. The SMILES string of the molecule is CC1(C)[C@H](CN)[C@H]1CC1CCCC1. The largest absolute Gasteiger partial charge is 0.330 e. The summed E-state index contributed by atoms with van der Waals surface area (Å²) in [6, 6.07) is 0. The van der Waals surface area contributed by atoms with Crippen molar-refractivity contribution < 1.29 is 0 Å². The average molecular weight is 181 g/mol. The standard InChI is InChI=1S/C12H23N/c1-12(2)10(11(12)8-13)7-9-5-3-4-6-9/h9-11H,3-8,13H2,1-2H3/t10-,11-/m1/s1. The maximum absolute atomic E-state index is 5.77. The summed E-state index contributed by atoms with van der Waals surface area (Å²) in [5, 5.41) is 0. The Hall–Kier alpha value is -0.0400. The van der Waals surface area contributed by atoms with Gasteiger partial charge in [-0.3, -0.25) is 0 Å². The summed E-state index contributed by atoms with van der Waals surface area (Å²) >= 11 is 0.